The van der Waals surface area contributed by atoms with E-state index in [4.69, 9.17) is 5.73 Å². The second-order valence-corrected chi connectivity index (χ2v) is 6.14. The van der Waals surface area contributed by atoms with Gasteiger partial charge in [-0.25, -0.2) is 0 Å². The number of hydrogen-bond donors (Lipinski definition) is 2. The van der Waals surface area contributed by atoms with Gasteiger partial charge in [0.15, 0.2) is 0 Å². The van der Waals surface area contributed by atoms with Crippen LogP contribution in [0.1, 0.15) is 45.1 Å². The number of unbranched alkanes of at least 4 members (excludes halogenated alkanes) is 1. The second kappa shape index (κ2) is 10.2. The standard InChI is InChI=1S/C16H28N2S/c1-3-5-6-15(17)12-18-16-9-7-14(8-10-16)13-19-11-4-2/h7-10,15,18H,3-6,11-13,17H2,1-2H3. The van der Waals surface area contributed by atoms with Crippen molar-refractivity contribution in [3.63, 3.8) is 0 Å². The molecular weight excluding hydrogens is 252 g/mol. The molecule has 1 atom stereocenters. The van der Waals surface area contributed by atoms with E-state index in [1.165, 1.54) is 36.3 Å². The van der Waals surface area contributed by atoms with Gasteiger partial charge in [0, 0.05) is 24.0 Å². The molecule has 1 aromatic carbocycles. The molecule has 3 heteroatoms. The van der Waals surface area contributed by atoms with Crippen LogP contribution in [0.15, 0.2) is 24.3 Å². The predicted molar refractivity (Wildman–Crippen MR) is 88.9 cm³/mol. The SMILES string of the molecule is CCCCC(N)CNc1ccc(CSCCC)cc1. The van der Waals surface area contributed by atoms with E-state index in [-0.39, 0.29) is 6.04 Å². The van der Waals surface area contributed by atoms with Crippen LogP contribution in [0, 0.1) is 0 Å². The van der Waals surface area contributed by atoms with Crippen LogP contribution in [0.3, 0.4) is 0 Å². The smallest absolute Gasteiger partial charge is 0.0340 e. The van der Waals surface area contributed by atoms with Gasteiger partial charge in [-0.3, -0.25) is 0 Å². The quantitative estimate of drug-likeness (QED) is 0.629. The summed E-state index contributed by atoms with van der Waals surface area (Å²) in [6.45, 7) is 5.29. The maximum absolute atomic E-state index is 6.05. The fraction of sp³-hybridized carbons (Fsp3) is 0.625. The van der Waals surface area contributed by atoms with Gasteiger partial charge < -0.3 is 11.1 Å². The topological polar surface area (TPSA) is 38.0 Å². The molecule has 0 aromatic heterocycles. The highest BCUT2D eigenvalue weighted by atomic mass is 32.2. The molecular formula is C16H28N2S. The Bertz CT molecular complexity index is 324. The summed E-state index contributed by atoms with van der Waals surface area (Å²) in [6, 6.07) is 9.01. The third kappa shape index (κ3) is 7.48. The molecule has 1 unspecified atom stereocenters. The Morgan fingerprint density at radius 1 is 1.16 bits per heavy atom. The lowest BCUT2D eigenvalue weighted by Crippen LogP contribution is -2.28. The average molecular weight is 280 g/mol. The van der Waals surface area contributed by atoms with Crippen LogP contribution in [0.2, 0.25) is 0 Å². The van der Waals surface area contributed by atoms with Crippen molar-refractivity contribution in [3.05, 3.63) is 29.8 Å². The molecule has 0 aliphatic heterocycles. The number of hydrogen-bond acceptors (Lipinski definition) is 3. The lowest BCUT2D eigenvalue weighted by atomic mass is 10.1. The summed E-state index contributed by atoms with van der Waals surface area (Å²) in [7, 11) is 0. The van der Waals surface area contributed by atoms with Crippen molar-refractivity contribution in [1.29, 1.82) is 0 Å². The van der Waals surface area contributed by atoms with Crippen molar-refractivity contribution in [2.45, 2.75) is 51.3 Å². The molecule has 0 heterocycles. The largest absolute Gasteiger partial charge is 0.383 e. The monoisotopic (exact) mass is 280 g/mol. The zero-order valence-electron chi connectivity index (χ0n) is 12.3. The highest BCUT2D eigenvalue weighted by Crippen LogP contribution is 2.16. The number of anilines is 1. The van der Waals surface area contributed by atoms with Crippen molar-refractivity contribution in [3.8, 4) is 0 Å². The maximum Gasteiger partial charge on any atom is 0.0340 e. The third-order valence-electron chi connectivity index (χ3n) is 3.07. The van der Waals surface area contributed by atoms with Crippen LogP contribution >= 0.6 is 11.8 Å². The summed E-state index contributed by atoms with van der Waals surface area (Å²) in [4.78, 5) is 0. The third-order valence-corrected chi connectivity index (χ3v) is 4.30. The average Bonchev–Trinajstić information content (AvgIpc) is 2.44. The van der Waals surface area contributed by atoms with E-state index in [0.717, 1.165) is 18.7 Å². The van der Waals surface area contributed by atoms with E-state index in [2.05, 4.69) is 43.4 Å². The number of nitrogens with two attached hydrogens (primary N) is 1. The Kier molecular flexibility index (Phi) is 8.76. The van der Waals surface area contributed by atoms with Crippen molar-refractivity contribution < 1.29 is 0 Å². The molecule has 0 aliphatic carbocycles. The van der Waals surface area contributed by atoms with Crippen LogP contribution in [0.25, 0.3) is 0 Å². The number of rotatable bonds is 10. The van der Waals surface area contributed by atoms with E-state index in [1.807, 2.05) is 11.8 Å². The lowest BCUT2D eigenvalue weighted by Gasteiger charge is -2.13. The van der Waals surface area contributed by atoms with Gasteiger partial charge in [0.1, 0.15) is 0 Å². The molecule has 2 nitrogen and oxygen atoms in total. The molecule has 19 heavy (non-hydrogen) atoms. The first-order valence-corrected chi connectivity index (χ1v) is 8.57. The number of thioether (sulfide) groups is 1. The van der Waals surface area contributed by atoms with Crippen molar-refractivity contribution >= 4 is 17.4 Å². The zero-order chi connectivity index (χ0) is 13.9. The second-order valence-electron chi connectivity index (χ2n) is 5.03. The van der Waals surface area contributed by atoms with Gasteiger partial charge in [-0.05, 0) is 36.3 Å². The van der Waals surface area contributed by atoms with Gasteiger partial charge >= 0.3 is 0 Å². The van der Waals surface area contributed by atoms with E-state index in [9.17, 15) is 0 Å². The normalized spacial score (nSPS) is 12.4. The Labute approximate surface area is 122 Å². The molecule has 0 spiro atoms. The zero-order valence-corrected chi connectivity index (χ0v) is 13.1. The van der Waals surface area contributed by atoms with Gasteiger partial charge in [0.2, 0.25) is 0 Å². The summed E-state index contributed by atoms with van der Waals surface area (Å²) in [5.74, 6) is 2.36. The van der Waals surface area contributed by atoms with Crippen LogP contribution < -0.4 is 11.1 Å². The molecule has 0 saturated carbocycles. The molecule has 3 N–H and O–H groups in total. The van der Waals surface area contributed by atoms with Crippen LogP contribution in [0.5, 0.6) is 0 Å². The molecule has 0 saturated heterocycles. The minimum Gasteiger partial charge on any atom is -0.383 e. The summed E-state index contributed by atoms with van der Waals surface area (Å²) in [5.41, 5.74) is 8.63. The molecule has 108 valence electrons. The maximum atomic E-state index is 6.05. The Morgan fingerprint density at radius 2 is 1.89 bits per heavy atom. The Morgan fingerprint density at radius 3 is 2.53 bits per heavy atom. The first-order valence-electron chi connectivity index (χ1n) is 7.42. The van der Waals surface area contributed by atoms with Crippen LogP contribution in [0.4, 0.5) is 5.69 Å². The minimum absolute atomic E-state index is 0.264. The van der Waals surface area contributed by atoms with Crippen molar-refractivity contribution in [2.75, 3.05) is 17.6 Å². The fourth-order valence-corrected chi connectivity index (χ4v) is 2.73. The van der Waals surface area contributed by atoms with Crippen LogP contribution in [-0.2, 0) is 5.75 Å². The molecule has 0 amide bonds. The predicted octanol–water partition coefficient (Wildman–Crippen LogP) is 4.26. The number of benzene rings is 1. The van der Waals surface area contributed by atoms with E-state index in [0.29, 0.717) is 0 Å². The van der Waals surface area contributed by atoms with Crippen molar-refractivity contribution in [2.24, 2.45) is 5.73 Å². The van der Waals surface area contributed by atoms with Gasteiger partial charge in [0.05, 0.1) is 0 Å². The summed E-state index contributed by atoms with van der Waals surface area (Å²) in [6.07, 6.45) is 4.80. The molecule has 0 fully saturated rings. The highest BCUT2D eigenvalue weighted by molar-refractivity contribution is 7.98. The first-order chi connectivity index (χ1) is 9.26. The Hall–Kier alpha value is -0.670. The summed E-state index contributed by atoms with van der Waals surface area (Å²) >= 11 is 2.00. The fourth-order valence-electron chi connectivity index (χ4n) is 1.87. The van der Waals surface area contributed by atoms with Crippen molar-refractivity contribution in [1.82, 2.24) is 0 Å². The number of nitrogens with one attached hydrogen (secondary N) is 1. The molecule has 0 radical (unpaired) electrons. The summed E-state index contributed by atoms with van der Waals surface area (Å²) in [5, 5.41) is 3.42. The van der Waals surface area contributed by atoms with E-state index in [1.54, 1.807) is 0 Å². The van der Waals surface area contributed by atoms with Gasteiger partial charge in [-0.2, -0.15) is 11.8 Å². The van der Waals surface area contributed by atoms with Crippen LogP contribution in [-0.4, -0.2) is 18.3 Å². The Balaban J connectivity index is 2.27. The van der Waals surface area contributed by atoms with E-state index < -0.39 is 0 Å². The van der Waals surface area contributed by atoms with Gasteiger partial charge in [-0.15, -0.1) is 0 Å². The molecule has 1 rings (SSSR count). The first kappa shape index (κ1) is 16.4. The molecule has 0 aliphatic rings. The van der Waals surface area contributed by atoms with Gasteiger partial charge in [0.25, 0.3) is 0 Å². The van der Waals surface area contributed by atoms with E-state index >= 15 is 0 Å². The molecule has 0 bridgehead atoms. The van der Waals surface area contributed by atoms with Gasteiger partial charge in [-0.1, -0.05) is 38.8 Å². The summed E-state index contributed by atoms with van der Waals surface area (Å²) < 4.78 is 0. The lowest BCUT2D eigenvalue weighted by molar-refractivity contribution is 0.596. The minimum atomic E-state index is 0.264. The molecule has 1 aromatic rings. The highest BCUT2D eigenvalue weighted by Gasteiger charge is 2.01.